The number of amides is 3. The van der Waals surface area contributed by atoms with Gasteiger partial charge >= 0.3 is 6.03 Å². The minimum atomic E-state index is -0.878. The van der Waals surface area contributed by atoms with E-state index in [2.05, 4.69) is 20.6 Å². The smallest absolute Gasteiger partial charge is 0.323 e. The van der Waals surface area contributed by atoms with E-state index in [0.29, 0.717) is 23.4 Å². The minimum absolute atomic E-state index is 0.0334. The first-order valence-corrected chi connectivity index (χ1v) is 14.3. The number of hydrogen-bond donors (Lipinski definition) is 2. The normalized spacial score (nSPS) is 23.7. The highest BCUT2D eigenvalue weighted by molar-refractivity contribution is 6.30. The van der Waals surface area contributed by atoms with Gasteiger partial charge in [0, 0.05) is 32.0 Å². The van der Waals surface area contributed by atoms with Crippen LogP contribution in [0.2, 0.25) is 5.02 Å². The average molecular weight is 581 g/mol. The van der Waals surface area contributed by atoms with Crippen LogP contribution in [0.25, 0.3) is 0 Å². The van der Waals surface area contributed by atoms with Crippen LogP contribution in [-0.2, 0) is 15.1 Å². The van der Waals surface area contributed by atoms with Gasteiger partial charge in [-0.2, -0.15) is 0 Å². The van der Waals surface area contributed by atoms with E-state index in [0.717, 1.165) is 24.0 Å². The van der Waals surface area contributed by atoms with E-state index in [4.69, 9.17) is 21.3 Å². The third kappa shape index (κ3) is 6.65. The maximum absolute atomic E-state index is 15.2. The molecule has 9 nitrogen and oxygen atoms in total. The molecule has 1 saturated heterocycles. The van der Waals surface area contributed by atoms with Crippen LogP contribution in [0, 0.1) is 11.7 Å². The second-order valence-corrected chi connectivity index (χ2v) is 11.1. The van der Waals surface area contributed by atoms with E-state index in [9.17, 15) is 9.59 Å². The molecule has 5 rings (SSSR count). The van der Waals surface area contributed by atoms with Gasteiger partial charge in [0.1, 0.15) is 29.6 Å². The van der Waals surface area contributed by atoms with Crippen molar-refractivity contribution in [3.05, 3.63) is 64.6 Å². The highest BCUT2D eigenvalue weighted by atomic mass is 35.5. The number of halogens is 2. The Labute approximate surface area is 243 Å². The number of allylic oxidation sites excluding steroid dienone is 1. The Morgan fingerprint density at radius 1 is 1.22 bits per heavy atom. The number of hydrogen-bond acceptors (Lipinski definition) is 6. The number of rotatable bonds is 9. The molecule has 2 fully saturated rings. The molecular formula is C30H34ClFN6O3. The molecule has 11 heteroatoms. The largest absolute Gasteiger partial charge is 0.377 e. The Hall–Kier alpha value is -3.63. The standard InChI is InChI=1S/C30H34ClFN6O3/c1-3-41-23-15-26(38(17-23)29(40)37-27-9-7-22(31)16-34-27)28(39)36-25-14-21(6-8-24(25)32)30(12-10-20-4-5-20)19(2)11-13-33-18-35-30/h6-9,11,13-14,16,18,20,23,26H,3-5,10,12,15,17H2,1-2H3,(H,36,39)(H,34,37,40)/t23-,26-,30?/m1/s1. The first-order valence-electron chi connectivity index (χ1n) is 13.9. The Bertz CT molecular complexity index is 1380. The van der Waals surface area contributed by atoms with E-state index < -0.39 is 29.3 Å². The molecule has 2 aromatic rings. The zero-order valence-corrected chi connectivity index (χ0v) is 23.9. The molecule has 2 aliphatic heterocycles. The van der Waals surface area contributed by atoms with E-state index in [1.807, 2.05) is 19.9 Å². The van der Waals surface area contributed by atoms with Crippen LogP contribution in [0.1, 0.15) is 51.5 Å². The number of carbonyl (C=O) groups excluding carboxylic acids is 2. The third-order valence-corrected chi connectivity index (χ3v) is 8.14. The molecule has 3 atom stereocenters. The number of aliphatic imine (C=N–C) groups is 2. The van der Waals surface area contributed by atoms with Gasteiger partial charge in [0.25, 0.3) is 0 Å². The van der Waals surface area contributed by atoms with Crippen molar-refractivity contribution in [1.29, 1.82) is 0 Å². The van der Waals surface area contributed by atoms with Crippen molar-refractivity contribution < 1.29 is 18.7 Å². The summed E-state index contributed by atoms with van der Waals surface area (Å²) >= 11 is 5.90. The molecule has 3 aliphatic rings. The average Bonchev–Trinajstić information content (AvgIpc) is 3.72. The number of benzene rings is 1. The highest BCUT2D eigenvalue weighted by Crippen LogP contribution is 2.44. The fourth-order valence-electron chi connectivity index (χ4n) is 5.45. The number of urea groups is 1. The lowest BCUT2D eigenvalue weighted by molar-refractivity contribution is -0.119. The summed E-state index contributed by atoms with van der Waals surface area (Å²) in [6.45, 7) is 4.50. The molecule has 3 amide bonds. The fourth-order valence-corrected chi connectivity index (χ4v) is 5.56. The topological polar surface area (TPSA) is 108 Å². The molecule has 1 aromatic heterocycles. The van der Waals surface area contributed by atoms with Crippen LogP contribution in [0.3, 0.4) is 0 Å². The van der Waals surface area contributed by atoms with Crippen molar-refractivity contribution in [3.63, 3.8) is 0 Å². The summed E-state index contributed by atoms with van der Waals surface area (Å²) in [5, 5.41) is 5.89. The molecule has 0 spiro atoms. The Morgan fingerprint density at radius 3 is 2.78 bits per heavy atom. The molecule has 2 N–H and O–H groups in total. The highest BCUT2D eigenvalue weighted by Gasteiger charge is 2.41. The minimum Gasteiger partial charge on any atom is -0.377 e. The maximum atomic E-state index is 15.2. The van der Waals surface area contributed by atoms with Gasteiger partial charge in [-0.05, 0) is 74.1 Å². The summed E-state index contributed by atoms with van der Waals surface area (Å²) in [6.07, 6.45) is 10.7. The van der Waals surface area contributed by atoms with Crippen molar-refractivity contribution >= 4 is 47.6 Å². The van der Waals surface area contributed by atoms with Crippen molar-refractivity contribution in [1.82, 2.24) is 9.88 Å². The van der Waals surface area contributed by atoms with Gasteiger partial charge in [-0.3, -0.25) is 15.1 Å². The first kappa shape index (κ1) is 28.9. The third-order valence-electron chi connectivity index (χ3n) is 7.91. The van der Waals surface area contributed by atoms with E-state index in [1.54, 1.807) is 36.8 Å². The second-order valence-electron chi connectivity index (χ2n) is 10.7. The maximum Gasteiger partial charge on any atom is 0.323 e. The summed E-state index contributed by atoms with van der Waals surface area (Å²) in [5.41, 5.74) is 1.09. The first-order chi connectivity index (χ1) is 19.8. The zero-order valence-electron chi connectivity index (χ0n) is 23.1. The zero-order chi connectivity index (χ0) is 29.0. The van der Waals surface area contributed by atoms with Gasteiger partial charge in [0.2, 0.25) is 5.91 Å². The van der Waals surface area contributed by atoms with Gasteiger partial charge in [-0.1, -0.05) is 30.5 Å². The molecule has 1 aromatic carbocycles. The SMILES string of the molecule is CCO[C@@H]1C[C@H](C(=O)Nc2cc(C3(CCC4CC4)N=CN=CC=C3C)ccc2F)N(C(=O)Nc2ccc(Cl)cn2)C1. The second kappa shape index (κ2) is 12.5. The fraction of sp³-hybridized carbons (Fsp3) is 0.433. The Balaban J connectivity index is 1.38. The van der Waals surface area contributed by atoms with Crippen molar-refractivity contribution in [2.75, 3.05) is 23.8 Å². The van der Waals surface area contributed by atoms with E-state index in [1.165, 1.54) is 30.0 Å². The number of likely N-dealkylation sites (tertiary alicyclic amines) is 1. The van der Waals surface area contributed by atoms with Gasteiger partial charge in [0.05, 0.1) is 16.8 Å². The van der Waals surface area contributed by atoms with Gasteiger partial charge in [0.15, 0.2) is 0 Å². The molecule has 1 aliphatic carbocycles. The molecule has 0 radical (unpaired) electrons. The number of aromatic nitrogens is 1. The predicted octanol–water partition coefficient (Wildman–Crippen LogP) is 5.97. The van der Waals surface area contributed by atoms with Crippen LogP contribution < -0.4 is 10.6 Å². The number of pyridine rings is 1. The van der Waals surface area contributed by atoms with E-state index >= 15 is 4.39 Å². The van der Waals surface area contributed by atoms with Crippen molar-refractivity contribution in [3.8, 4) is 0 Å². The lowest BCUT2D eigenvalue weighted by atomic mass is 9.79. The Morgan fingerprint density at radius 2 is 2.05 bits per heavy atom. The quantitative estimate of drug-likeness (QED) is 0.381. The Kier molecular flexibility index (Phi) is 8.79. The van der Waals surface area contributed by atoms with Crippen LogP contribution >= 0.6 is 11.6 Å². The lowest BCUT2D eigenvalue weighted by Gasteiger charge is -2.32. The van der Waals surface area contributed by atoms with Gasteiger partial charge in [-0.25, -0.2) is 19.2 Å². The van der Waals surface area contributed by atoms with Crippen molar-refractivity contribution in [2.24, 2.45) is 15.9 Å². The summed E-state index contributed by atoms with van der Waals surface area (Å²) < 4.78 is 20.9. The number of anilines is 2. The van der Waals surface area contributed by atoms with E-state index in [-0.39, 0.29) is 24.8 Å². The number of carbonyl (C=O) groups is 2. The summed E-state index contributed by atoms with van der Waals surface area (Å²) in [7, 11) is 0. The molecule has 1 saturated carbocycles. The predicted molar refractivity (Wildman–Crippen MR) is 158 cm³/mol. The summed E-state index contributed by atoms with van der Waals surface area (Å²) in [5.74, 6) is -0.102. The molecular weight excluding hydrogens is 547 g/mol. The number of nitrogens with one attached hydrogen (secondary N) is 2. The van der Waals surface area contributed by atoms with Crippen molar-refractivity contribution in [2.45, 2.75) is 63.6 Å². The van der Waals surface area contributed by atoms with Crippen LogP contribution in [0.4, 0.5) is 20.7 Å². The number of nitrogens with zero attached hydrogens (tertiary/aromatic N) is 4. The van der Waals surface area contributed by atoms with Crippen LogP contribution in [0.5, 0.6) is 0 Å². The van der Waals surface area contributed by atoms with Gasteiger partial charge < -0.3 is 15.0 Å². The van der Waals surface area contributed by atoms with Gasteiger partial charge in [-0.15, -0.1) is 0 Å². The molecule has 216 valence electrons. The molecule has 0 bridgehead atoms. The number of ether oxygens (including phenoxy) is 1. The van der Waals surface area contributed by atoms with Crippen LogP contribution in [0.15, 0.2) is 58.2 Å². The summed E-state index contributed by atoms with van der Waals surface area (Å²) in [6, 6.07) is 6.51. The molecule has 41 heavy (non-hydrogen) atoms. The lowest BCUT2D eigenvalue weighted by Crippen LogP contribution is -2.45. The molecule has 3 heterocycles. The monoisotopic (exact) mass is 580 g/mol. The molecule has 1 unspecified atom stereocenters. The van der Waals surface area contributed by atoms with Crippen LogP contribution in [-0.4, -0.2) is 59.7 Å². The summed E-state index contributed by atoms with van der Waals surface area (Å²) in [4.78, 5) is 41.3.